The van der Waals surface area contributed by atoms with Crippen LogP contribution in [0.1, 0.15) is 6.92 Å². The number of nitrogens with two attached hydrogens (primary N) is 1. The Kier molecular flexibility index (Phi) is 4.63. The van der Waals surface area contributed by atoms with Crippen molar-refractivity contribution in [3.63, 3.8) is 0 Å². The van der Waals surface area contributed by atoms with Gasteiger partial charge in [-0.25, -0.2) is 13.1 Å². The molecule has 0 radical (unpaired) electrons. The first kappa shape index (κ1) is 14.8. The standard InChI is InChI=1S/C9H12ClN3O4S/c1-6(5-11)12-18(16,17)9-7(10)3-2-4-8(9)13(14)15/h2-4,6,12H,5,11H2,1H3/t6-/m0/s1. The third-order valence-corrected chi connectivity index (χ3v) is 4.23. The number of halogens is 1. The monoisotopic (exact) mass is 293 g/mol. The Balaban J connectivity index is 3.36. The van der Waals surface area contributed by atoms with E-state index in [1.807, 2.05) is 0 Å². The summed E-state index contributed by atoms with van der Waals surface area (Å²) in [6.07, 6.45) is 0. The molecular formula is C9H12ClN3O4S. The van der Waals surface area contributed by atoms with E-state index in [0.717, 1.165) is 6.07 Å². The van der Waals surface area contributed by atoms with Gasteiger partial charge < -0.3 is 5.73 Å². The van der Waals surface area contributed by atoms with Crippen molar-refractivity contribution < 1.29 is 13.3 Å². The molecular weight excluding hydrogens is 282 g/mol. The molecule has 1 atom stereocenters. The fourth-order valence-electron chi connectivity index (χ4n) is 1.28. The van der Waals surface area contributed by atoms with Crippen LogP contribution >= 0.6 is 11.6 Å². The van der Waals surface area contributed by atoms with Crippen molar-refractivity contribution in [3.05, 3.63) is 33.3 Å². The number of nitro groups is 1. The van der Waals surface area contributed by atoms with Crippen LogP contribution in [0.5, 0.6) is 0 Å². The van der Waals surface area contributed by atoms with Crippen LogP contribution in [-0.2, 0) is 10.0 Å². The normalized spacial score (nSPS) is 13.3. The fraction of sp³-hybridized carbons (Fsp3) is 0.333. The second-order valence-corrected chi connectivity index (χ2v) is 5.66. The molecule has 3 N–H and O–H groups in total. The minimum atomic E-state index is -4.08. The summed E-state index contributed by atoms with van der Waals surface area (Å²) < 4.78 is 26.2. The number of hydrogen-bond acceptors (Lipinski definition) is 5. The summed E-state index contributed by atoms with van der Waals surface area (Å²) in [5.74, 6) is 0. The molecule has 1 aromatic rings. The van der Waals surface area contributed by atoms with Crippen molar-refractivity contribution in [1.29, 1.82) is 0 Å². The lowest BCUT2D eigenvalue weighted by Gasteiger charge is -2.12. The van der Waals surface area contributed by atoms with Crippen LogP contribution in [0.2, 0.25) is 5.02 Å². The molecule has 0 saturated carbocycles. The average Bonchev–Trinajstić information content (AvgIpc) is 2.27. The first-order chi connectivity index (χ1) is 8.29. The number of nitrogens with zero attached hydrogens (tertiary/aromatic N) is 1. The average molecular weight is 294 g/mol. The van der Waals surface area contributed by atoms with E-state index in [0.29, 0.717) is 0 Å². The molecule has 0 aromatic heterocycles. The summed E-state index contributed by atoms with van der Waals surface area (Å²) >= 11 is 5.73. The van der Waals surface area contributed by atoms with Crippen LogP contribution < -0.4 is 10.5 Å². The molecule has 9 heteroatoms. The predicted octanol–water partition coefficient (Wildman–Crippen LogP) is 0.874. The van der Waals surface area contributed by atoms with Crippen LogP contribution in [0.3, 0.4) is 0 Å². The Morgan fingerprint density at radius 3 is 2.67 bits per heavy atom. The number of nitro benzene ring substituents is 1. The second-order valence-electron chi connectivity index (χ2n) is 3.60. The highest BCUT2D eigenvalue weighted by Crippen LogP contribution is 2.30. The molecule has 1 rings (SSSR count). The molecule has 0 heterocycles. The number of nitrogens with one attached hydrogen (secondary N) is 1. The van der Waals surface area contributed by atoms with Gasteiger partial charge in [-0.3, -0.25) is 10.1 Å². The van der Waals surface area contributed by atoms with Gasteiger partial charge in [0.15, 0.2) is 4.90 Å². The zero-order valence-electron chi connectivity index (χ0n) is 9.46. The third kappa shape index (κ3) is 3.16. The van der Waals surface area contributed by atoms with Crippen molar-refractivity contribution in [2.45, 2.75) is 17.9 Å². The zero-order valence-corrected chi connectivity index (χ0v) is 11.0. The van der Waals surface area contributed by atoms with Crippen molar-refractivity contribution in [2.75, 3.05) is 6.54 Å². The van der Waals surface area contributed by atoms with Gasteiger partial charge in [0.1, 0.15) is 0 Å². The van der Waals surface area contributed by atoms with Gasteiger partial charge in [-0.05, 0) is 13.0 Å². The van der Waals surface area contributed by atoms with E-state index in [-0.39, 0.29) is 11.6 Å². The summed E-state index contributed by atoms with van der Waals surface area (Å²) in [6.45, 7) is 1.61. The molecule has 0 aliphatic carbocycles. The smallest absolute Gasteiger partial charge is 0.290 e. The van der Waals surface area contributed by atoms with E-state index >= 15 is 0 Å². The number of benzene rings is 1. The van der Waals surface area contributed by atoms with Crippen LogP contribution in [0, 0.1) is 10.1 Å². The largest absolute Gasteiger partial charge is 0.329 e. The van der Waals surface area contributed by atoms with Gasteiger partial charge in [0.25, 0.3) is 5.69 Å². The van der Waals surface area contributed by atoms with Crippen LogP contribution in [0.25, 0.3) is 0 Å². The van der Waals surface area contributed by atoms with Gasteiger partial charge in [-0.2, -0.15) is 0 Å². The molecule has 0 bridgehead atoms. The minimum absolute atomic E-state index is 0.0669. The maximum atomic E-state index is 12.0. The quantitative estimate of drug-likeness (QED) is 0.617. The number of hydrogen-bond donors (Lipinski definition) is 2. The fourth-order valence-corrected chi connectivity index (χ4v) is 3.24. The molecule has 100 valence electrons. The van der Waals surface area contributed by atoms with Gasteiger partial charge in [-0.1, -0.05) is 17.7 Å². The lowest BCUT2D eigenvalue weighted by Crippen LogP contribution is -2.38. The van der Waals surface area contributed by atoms with Gasteiger partial charge in [0, 0.05) is 18.7 Å². The van der Waals surface area contributed by atoms with Crippen LogP contribution in [0.4, 0.5) is 5.69 Å². The van der Waals surface area contributed by atoms with Gasteiger partial charge in [0.05, 0.1) is 9.95 Å². The van der Waals surface area contributed by atoms with Crippen molar-refractivity contribution in [1.82, 2.24) is 4.72 Å². The summed E-state index contributed by atoms with van der Waals surface area (Å²) in [7, 11) is -4.08. The summed E-state index contributed by atoms with van der Waals surface area (Å²) in [5, 5.41) is 10.6. The summed E-state index contributed by atoms with van der Waals surface area (Å²) in [4.78, 5) is 9.46. The Labute approximate surface area is 109 Å². The SMILES string of the molecule is C[C@@H](CN)NS(=O)(=O)c1c(Cl)cccc1[N+](=O)[O-]. The molecule has 0 amide bonds. The number of sulfonamides is 1. The zero-order chi connectivity index (χ0) is 13.9. The summed E-state index contributed by atoms with van der Waals surface area (Å²) in [6, 6.07) is 3.11. The van der Waals surface area contributed by atoms with Crippen molar-refractivity contribution in [3.8, 4) is 0 Å². The molecule has 0 fully saturated rings. The maximum Gasteiger partial charge on any atom is 0.290 e. The molecule has 0 saturated heterocycles. The van der Waals surface area contributed by atoms with E-state index < -0.39 is 31.6 Å². The van der Waals surface area contributed by atoms with Crippen LogP contribution in [0.15, 0.2) is 23.1 Å². The first-order valence-electron chi connectivity index (χ1n) is 4.95. The number of rotatable bonds is 5. The Morgan fingerprint density at radius 2 is 2.17 bits per heavy atom. The van der Waals surface area contributed by atoms with Gasteiger partial charge in [-0.15, -0.1) is 0 Å². The highest BCUT2D eigenvalue weighted by Gasteiger charge is 2.29. The Morgan fingerprint density at radius 1 is 1.56 bits per heavy atom. The lowest BCUT2D eigenvalue weighted by atomic mass is 10.3. The molecule has 0 spiro atoms. The minimum Gasteiger partial charge on any atom is -0.329 e. The Hall–Kier alpha value is -1.22. The third-order valence-electron chi connectivity index (χ3n) is 2.12. The highest BCUT2D eigenvalue weighted by atomic mass is 35.5. The molecule has 0 aliphatic rings. The highest BCUT2D eigenvalue weighted by molar-refractivity contribution is 7.89. The van der Waals surface area contributed by atoms with Gasteiger partial charge in [0.2, 0.25) is 10.0 Å². The van der Waals surface area contributed by atoms with E-state index in [1.54, 1.807) is 6.92 Å². The topological polar surface area (TPSA) is 115 Å². The molecule has 7 nitrogen and oxygen atoms in total. The molecule has 1 aromatic carbocycles. The van der Waals surface area contributed by atoms with E-state index in [1.165, 1.54) is 12.1 Å². The maximum absolute atomic E-state index is 12.0. The van der Waals surface area contributed by atoms with Crippen LogP contribution in [-0.4, -0.2) is 25.9 Å². The predicted molar refractivity (Wildman–Crippen MR) is 66.9 cm³/mol. The van der Waals surface area contributed by atoms with E-state index in [9.17, 15) is 18.5 Å². The first-order valence-corrected chi connectivity index (χ1v) is 6.81. The van der Waals surface area contributed by atoms with Crippen molar-refractivity contribution >= 4 is 27.3 Å². The molecule has 0 unspecified atom stereocenters. The Bertz CT molecular complexity index is 561. The van der Waals surface area contributed by atoms with E-state index in [4.69, 9.17) is 17.3 Å². The summed E-state index contributed by atoms with van der Waals surface area (Å²) in [5.41, 5.74) is 4.73. The second kappa shape index (κ2) is 5.61. The van der Waals surface area contributed by atoms with Crippen molar-refractivity contribution in [2.24, 2.45) is 5.73 Å². The molecule has 0 aliphatic heterocycles. The lowest BCUT2D eigenvalue weighted by molar-refractivity contribution is -0.387. The van der Waals surface area contributed by atoms with E-state index in [2.05, 4.69) is 4.72 Å². The molecule has 18 heavy (non-hydrogen) atoms. The van der Waals surface area contributed by atoms with Gasteiger partial charge >= 0.3 is 0 Å².